The maximum Gasteiger partial charge on any atom is 0.0875 e. The van der Waals surface area contributed by atoms with Crippen LogP contribution in [0, 0.1) is 5.92 Å². The van der Waals surface area contributed by atoms with Crippen LogP contribution in [0.3, 0.4) is 0 Å². The van der Waals surface area contributed by atoms with E-state index in [0.717, 1.165) is 13.0 Å². The van der Waals surface area contributed by atoms with Crippen LogP contribution < -0.4 is 0 Å². The molecule has 0 radical (unpaired) electrons. The standard InChI is InChI=1S/C10H14O/c1-2-8-4-3-5-9(6-8)10-7-11-10/h3-4,6,9-10H,2,5,7H2,1H3. The van der Waals surface area contributed by atoms with Gasteiger partial charge < -0.3 is 4.74 Å². The van der Waals surface area contributed by atoms with Gasteiger partial charge in [-0.2, -0.15) is 0 Å². The zero-order valence-corrected chi connectivity index (χ0v) is 6.92. The van der Waals surface area contributed by atoms with E-state index in [0.29, 0.717) is 12.0 Å². The van der Waals surface area contributed by atoms with Crippen molar-refractivity contribution < 1.29 is 4.74 Å². The molecule has 60 valence electrons. The second-order valence-electron chi connectivity index (χ2n) is 3.27. The lowest BCUT2D eigenvalue weighted by molar-refractivity contribution is 0.359. The third-order valence-corrected chi connectivity index (χ3v) is 2.41. The van der Waals surface area contributed by atoms with E-state index in [1.54, 1.807) is 0 Å². The molecule has 0 spiro atoms. The van der Waals surface area contributed by atoms with Gasteiger partial charge in [-0.3, -0.25) is 0 Å². The summed E-state index contributed by atoms with van der Waals surface area (Å²) in [4.78, 5) is 0. The van der Waals surface area contributed by atoms with Gasteiger partial charge in [0.05, 0.1) is 12.7 Å². The average Bonchev–Trinajstić information content (AvgIpc) is 2.87. The minimum Gasteiger partial charge on any atom is -0.372 e. The molecule has 2 atom stereocenters. The van der Waals surface area contributed by atoms with Crippen molar-refractivity contribution in [3.8, 4) is 0 Å². The van der Waals surface area contributed by atoms with Gasteiger partial charge in [-0.25, -0.2) is 0 Å². The molecule has 1 nitrogen and oxygen atoms in total. The minimum atomic E-state index is 0.543. The maximum absolute atomic E-state index is 5.26. The summed E-state index contributed by atoms with van der Waals surface area (Å²) in [5.74, 6) is 0.676. The van der Waals surface area contributed by atoms with Crippen molar-refractivity contribution in [3.63, 3.8) is 0 Å². The lowest BCUT2D eigenvalue weighted by Crippen LogP contribution is -2.07. The summed E-state index contributed by atoms with van der Waals surface area (Å²) < 4.78 is 5.26. The molecule has 2 unspecified atom stereocenters. The molecule has 0 amide bonds. The van der Waals surface area contributed by atoms with Crippen molar-refractivity contribution in [2.24, 2.45) is 5.92 Å². The molecule has 0 aromatic carbocycles. The topological polar surface area (TPSA) is 12.5 Å². The highest BCUT2D eigenvalue weighted by atomic mass is 16.6. The Morgan fingerprint density at radius 3 is 3.09 bits per heavy atom. The van der Waals surface area contributed by atoms with Gasteiger partial charge in [-0.1, -0.05) is 30.7 Å². The third-order valence-electron chi connectivity index (χ3n) is 2.41. The van der Waals surface area contributed by atoms with Gasteiger partial charge in [0.15, 0.2) is 0 Å². The summed E-state index contributed by atoms with van der Waals surface area (Å²) in [7, 11) is 0. The fourth-order valence-electron chi connectivity index (χ4n) is 1.57. The Morgan fingerprint density at radius 1 is 1.64 bits per heavy atom. The zero-order valence-electron chi connectivity index (χ0n) is 6.92. The molecule has 0 aromatic rings. The molecule has 1 fully saturated rings. The number of allylic oxidation sites excluding steroid dienone is 3. The maximum atomic E-state index is 5.26. The Balaban J connectivity index is 2.03. The molecular formula is C10H14O. The largest absolute Gasteiger partial charge is 0.372 e. The lowest BCUT2D eigenvalue weighted by atomic mass is 9.93. The van der Waals surface area contributed by atoms with Crippen LogP contribution in [0.15, 0.2) is 23.8 Å². The molecule has 2 rings (SSSR count). The van der Waals surface area contributed by atoms with Crippen LogP contribution in [0.2, 0.25) is 0 Å². The van der Waals surface area contributed by atoms with Crippen molar-refractivity contribution in [2.45, 2.75) is 25.9 Å². The van der Waals surface area contributed by atoms with Crippen LogP contribution in [0.25, 0.3) is 0 Å². The Labute approximate surface area is 67.7 Å². The van der Waals surface area contributed by atoms with Gasteiger partial charge >= 0.3 is 0 Å². The Hall–Kier alpha value is -0.560. The summed E-state index contributed by atoms with van der Waals surface area (Å²) >= 11 is 0. The van der Waals surface area contributed by atoms with Crippen molar-refractivity contribution in [1.29, 1.82) is 0 Å². The van der Waals surface area contributed by atoms with E-state index in [-0.39, 0.29) is 0 Å². The average molecular weight is 150 g/mol. The van der Waals surface area contributed by atoms with E-state index in [1.807, 2.05) is 0 Å². The molecule has 1 aliphatic carbocycles. The summed E-state index contributed by atoms with van der Waals surface area (Å²) in [6.45, 7) is 3.18. The first kappa shape index (κ1) is 7.11. The monoisotopic (exact) mass is 150 g/mol. The fourth-order valence-corrected chi connectivity index (χ4v) is 1.57. The van der Waals surface area contributed by atoms with Crippen LogP contribution >= 0.6 is 0 Å². The van der Waals surface area contributed by atoms with E-state index >= 15 is 0 Å². The second-order valence-corrected chi connectivity index (χ2v) is 3.27. The van der Waals surface area contributed by atoms with Gasteiger partial charge in [0.1, 0.15) is 0 Å². The molecule has 1 aliphatic heterocycles. The normalized spacial score (nSPS) is 35.2. The minimum absolute atomic E-state index is 0.543. The molecule has 0 N–H and O–H groups in total. The van der Waals surface area contributed by atoms with Crippen molar-refractivity contribution in [2.75, 3.05) is 6.61 Å². The molecule has 11 heavy (non-hydrogen) atoms. The lowest BCUT2D eigenvalue weighted by Gasteiger charge is -2.12. The van der Waals surface area contributed by atoms with Crippen LogP contribution in [-0.4, -0.2) is 12.7 Å². The van der Waals surface area contributed by atoms with Crippen molar-refractivity contribution >= 4 is 0 Å². The number of epoxide rings is 1. The SMILES string of the molecule is CCC1=CC(C2CO2)CC=C1. The predicted octanol–water partition coefficient (Wildman–Crippen LogP) is 2.30. The molecular weight excluding hydrogens is 136 g/mol. The predicted molar refractivity (Wildman–Crippen MR) is 45.4 cm³/mol. The first-order valence-electron chi connectivity index (χ1n) is 4.39. The van der Waals surface area contributed by atoms with Gasteiger partial charge in [0, 0.05) is 5.92 Å². The van der Waals surface area contributed by atoms with Crippen LogP contribution in [0.1, 0.15) is 19.8 Å². The number of hydrogen-bond acceptors (Lipinski definition) is 1. The molecule has 0 saturated carbocycles. The first-order chi connectivity index (χ1) is 5.40. The fraction of sp³-hybridized carbons (Fsp3) is 0.600. The highest BCUT2D eigenvalue weighted by Gasteiger charge is 2.31. The summed E-state index contributed by atoms with van der Waals surface area (Å²) in [6.07, 6.45) is 9.75. The summed E-state index contributed by atoms with van der Waals surface area (Å²) in [6, 6.07) is 0. The molecule has 0 aromatic heterocycles. The smallest absolute Gasteiger partial charge is 0.0875 e. The highest BCUT2D eigenvalue weighted by Crippen LogP contribution is 2.29. The summed E-state index contributed by atoms with van der Waals surface area (Å²) in [5, 5.41) is 0. The molecule has 1 heterocycles. The first-order valence-corrected chi connectivity index (χ1v) is 4.39. The quantitative estimate of drug-likeness (QED) is 0.550. The van der Waals surface area contributed by atoms with Gasteiger partial charge in [0.2, 0.25) is 0 Å². The van der Waals surface area contributed by atoms with Crippen molar-refractivity contribution in [3.05, 3.63) is 23.8 Å². The van der Waals surface area contributed by atoms with Gasteiger partial charge in [-0.15, -0.1) is 0 Å². The van der Waals surface area contributed by atoms with E-state index in [9.17, 15) is 0 Å². The van der Waals surface area contributed by atoms with E-state index in [1.165, 1.54) is 12.0 Å². The van der Waals surface area contributed by atoms with E-state index in [4.69, 9.17) is 4.74 Å². The number of rotatable bonds is 2. The Kier molecular flexibility index (Phi) is 1.82. The second kappa shape index (κ2) is 2.82. The van der Waals surface area contributed by atoms with Crippen LogP contribution in [0.4, 0.5) is 0 Å². The van der Waals surface area contributed by atoms with E-state index in [2.05, 4.69) is 25.2 Å². The van der Waals surface area contributed by atoms with Gasteiger partial charge in [-0.05, 0) is 12.8 Å². The van der Waals surface area contributed by atoms with Crippen LogP contribution in [-0.2, 0) is 4.74 Å². The zero-order chi connectivity index (χ0) is 7.68. The number of ether oxygens (including phenoxy) is 1. The molecule has 1 saturated heterocycles. The molecule has 0 bridgehead atoms. The number of hydrogen-bond donors (Lipinski definition) is 0. The summed E-state index contributed by atoms with van der Waals surface area (Å²) in [5.41, 5.74) is 1.47. The van der Waals surface area contributed by atoms with Gasteiger partial charge in [0.25, 0.3) is 0 Å². The Bertz CT molecular complexity index is 199. The molecule has 2 aliphatic rings. The Morgan fingerprint density at radius 2 is 2.45 bits per heavy atom. The van der Waals surface area contributed by atoms with Crippen LogP contribution in [0.5, 0.6) is 0 Å². The van der Waals surface area contributed by atoms with E-state index < -0.39 is 0 Å². The third kappa shape index (κ3) is 1.54. The van der Waals surface area contributed by atoms with Crippen molar-refractivity contribution in [1.82, 2.24) is 0 Å². The molecule has 1 heteroatoms. The highest BCUT2D eigenvalue weighted by molar-refractivity contribution is 5.24.